The van der Waals surface area contributed by atoms with E-state index in [0.29, 0.717) is 12.5 Å². The average molecular weight is 236 g/mol. The Hall–Kier alpha value is -1.92. The van der Waals surface area contributed by atoms with Crippen molar-refractivity contribution < 1.29 is 0 Å². The summed E-state index contributed by atoms with van der Waals surface area (Å²) in [4.78, 5) is 15.8. The van der Waals surface area contributed by atoms with E-state index >= 15 is 0 Å². The van der Waals surface area contributed by atoms with Crippen LogP contribution in [0.25, 0.3) is 0 Å². The molecule has 0 aliphatic heterocycles. The third kappa shape index (κ3) is 2.43. The Labute approximate surface area is 98.7 Å². The fourth-order valence-electron chi connectivity index (χ4n) is 1.57. The van der Waals surface area contributed by atoms with Gasteiger partial charge in [-0.1, -0.05) is 13.8 Å². The van der Waals surface area contributed by atoms with Gasteiger partial charge in [0.15, 0.2) is 0 Å². The second-order valence-electron chi connectivity index (χ2n) is 4.43. The first kappa shape index (κ1) is 11.6. The van der Waals surface area contributed by atoms with Crippen LogP contribution in [0.3, 0.4) is 0 Å². The Kier molecular flexibility index (Phi) is 3.08. The maximum atomic E-state index is 11.6. The van der Waals surface area contributed by atoms with E-state index in [1.807, 2.05) is 4.68 Å². The van der Waals surface area contributed by atoms with E-state index in [-0.39, 0.29) is 5.69 Å². The maximum Gasteiger partial charge on any atom is 0.345 e. The smallest absolute Gasteiger partial charge is 0.285 e. The summed E-state index contributed by atoms with van der Waals surface area (Å²) in [5.41, 5.74) is -0.149. The molecule has 2 aromatic rings. The van der Waals surface area contributed by atoms with Crippen molar-refractivity contribution >= 4 is 0 Å². The molecule has 2 aromatic heterocycles. The number of aromatic nitrogens is 6. The number of nitrogens with zero attached hydrogens (tertiary/aromatic N) is 6. The van der Waals surface area contributed by atoms with Gasteiger partial charge in [0.1, 0.15) is 25.0 Å². The van der Waals surface area contributed by atoms with Crippen molar-refractivity contribution in [1.82, 2.24) is 29.1 Å². The van der Waals surface area contributed by atoms with Crippen LogP contribution >= 0.6 is 0 Å². The fourth-order valence-corrected chi connectivity index (χ4v) is 1.57. The summed E-state index contributed by atoms with van der Waals surface area (Å²) in [5.74, 6) is 1.23. The average Bonchev–Trinajstić information content (AvgIpc) is 2.80. The molecule has 0 atom stereocenters. The summed E-state index contributed by atoms with van der Waals surface area (Å²) in [6.45, 7) is 5.36. The molecular formula is C10H16N6O. The summed E-state index contributed by atoms with van der Waals surface area (Å²) in [5, 5.41) is 8.14. The second kappa shape index (κ2) is 4.52. The molecule has 0 aliphatic carbocycles. The van der Waals surface area contributed by atoms with E-state index in [9.17, 15) is 4.79 Å². The van der Waals surface area contributed by atoms with Crippen molar-refractivity contribution in [3.8, 4) is 0 Å². The van der Waals surface area contributed by atoms with Crippen LogP contribution < -0.4 is 5.69 Å². The fraction of sp³-hybridized carbons (Fsp3) is 0.600. The number of hydrogen-bond acceptors (Lipinski definition) is 4. The summed E-state index contributed by atoms with van der Waals surface area (Å²) in [6.07, 6.45) is 3.00. The van der Waals surface area contributed by atoms with Crippen LogP contribution in [0.15, 0.2) is 17.4 Å². The molecule has 17 heavy (non-hydrogen) atoms. The molecule has 0 spiro atoms. The predicted molar refractivity (Wildman–Crippen MR) is 61.4 cm³/mol. The quantitative estimate of drug-likeness (QED) is 0.742. The van der Waals surface area contributed by atoms with Gasteiger partial charge >= 0.3 is 5.69 Å². The Balaban J connectivity index is 2.22. The molecule has 7 heteroatoms. The van der Waals surface area contributed by atoms with Gasteiger partial charge in [0.05, 0.1) is 0 Å². The van der Waals surface area contributed by atoms with Crippen LogP contribution in [-0.2, 0) is 20.1 Å². The van der Waals surface area contributed by atoms with E-state index in [2.05, 4.69) is 29.0 Å². The zero-order chi connectivity index (χ0) is 12.4. The summed E-state index contributed by atoms with van der Waals surface area (Å²) in [6, 6.07) is 0. The minimum absolute atomic E-state index is 0.149. The molecule has 0 saturated carbocycles. The molecule has 2 rings (SSSR count). The van der Waals surface area contributed by atoms with Crippen molar-refractivity contribution in [1.29, 1.82) is 0 Å². The van der Waals surface area contributed by atoms with E-state index in [1.165, 1.54) is 21.9 Å². The van der Waals surface area contributed by atoms with Crippen LogP contribution in [0, 0.1) is 5.92 Å². The lowest BCUT2D eigenvalue weighted by atomic mass is 10.2. The van der Waals surface area contributed by atoms with Crippen LogP contribution in [0.5, 0.6) is 0 Å². The normalized spacial score (nSPS) is 11.3. The highest BCUT2D eigenvalue weighted by Gasteiger charge is 2.09. The molecule has 92 valence electrons. The third-order valence-electron chi connectivity index (χ3n) is 2.41. The third-order valence-corrected chi connectivity index (χ3v) is 2.41. The molecule has 0 fully saturated rings. The lowest BCUT2D eigenvalue weighted by molar-refractivity contribution is 0.454. The highest BCUT2D eigenvalue weighted by molar-refractivity contribution is 4.86. The van der Waals surface area contributed by atoms with Gasteiger partial charge < -0.3 is 0 Å². The number of aryl methyl sites for hydroxylation is 1. The van der Waals surface area contributed by atoms with Gasteiger partial charge in [-0.2, -0.15) is 10.2 Å². The SMILES string of the molecule is CC(C)Cn1ncnc1Cn1ncn(C)c1=O. The predicted octanol–water partition coefficient (Wildman–Crippen LogP) is -0.122. The molecule has 0 aromatic carbocycles. The summed E-state index contributed by atoms with van der Waals surface area (Å²) >= 11 is 0. The van der Waals surface area contributed by atoms with Gasteiger partial charge in [0, 0.05) is 13.6 Å². The number of rotatable bonds is 4. The maximum absolute atomic E-state index is 11.6. The Morgan fingerprint density at radius 1 is 1.29 bits per heavy atom. The van der Waals surface area contributed by atoms with Crippen molar-refractivity contribution in [2.75, 3.05) is 0 Å². The van der Waals surface area contributed by atoms with Crippen molar-refractivity contribution in [3.05, 3.63) is 29.0 Å². The molecule has 7 nitrogen and oxygen atoms in total. The summed E-state index contributed by atoms with van der Waals surface area (Å²) < 4.78 is 4.62. The zero-order valence-electron chi connectivity index (χ0n) is 10.2. The van der Waals surface area contributed by atoms with Gasteiger partial charge in [-0.15, -0.1) is 0 Å². The van der Waals surface area contributed by atoms with E-state index in [4.69, 9.17) is 0 Å². The molecule has 0 N–H and O–H groups in total. The molecule has 2 heterocycles. The molecule has 0 bridgehead atoms. The molecule has 0 radical (unpaired) electrons. The van der Waals surface area contributed by atoms with E-state index < -0.39 is 0 Å². The van der Waals surface area contributed by atoms with Crippen LogP contribution in [0.4, 0.5) is 0 Å². The van der Waals surface area contributed by atoms with Crippen molar-refractivity contribution in [2.24, 2.45) is 13.0 Å². The first-order valence-corrected chi connectivity index (χ1v) is 5.53. The minimum Gasteiger partial charge on any atom is -0.285 e. The number of hydrogen-bond donors (Lipinski definition) is 0. The molecule has 0 unspecified atom stereocenters. The molecular weight excluding hydrogens is 220 g/mol. The van der Waals surface area contributed by atoms with Gasteiger partial charge in [0.2, 0.25) is 0 Å². The first-order valence-electron chi connectivity index (χ1n) is 5.53. The lowest BCUT2D eigenvalue weighted by Gasteiger charge is -2.07. The van der Waals surface area contributed by atoms with Gasteiger partial charge in [-0.05, 0) is 5.92 Å². The largest absolute Gasteiger partial charge is 0.345 e. The molecule has 0 aliphatic rings. The van der Waals surface area contributed by atoms with Crippen molar-refractivity contribution in [2.45, 2.75) is 26.9 Å². The lowest BCUT2D eigenvalue weighted by Crippen LogP contribution is -2.25. The Morgan fingerprint density at radius 3 is 2.65 bits per heavy atom. The van der Waals surface area contributed by atoms with Crippen molar-refractivity contribution in [3.63, 3.8) is 0 Å². The highest BCUT2D eigenvalue weighted by Crippen LogP contribution is 2.01. The molecule has 0 amide bonds. The first-order chi connectivity index (χ1) is 8.08. The van der Waals surface area contributed by atoms with Crippen LogP contribution in [0.1, 0.15) is 19.7 Å². The standard InChI is InChI=1S/C10H16N6O/c1-8(2)4-15-9(11-6-12-15)5-16-10(17)14(3)7-13-16/h6-8H,4-5H2,1-3H3. The van der Waals surface area contributed by atoms with E-state index in [0.717, 1.165) is 12.4 Å². The van der Waals surface area contributed by atoms with Crippen LogP contribution in [0.2, 0.25) is 0 Å². The highest BCUT2D eigenvalue weighted by atomic mass is 16.2. The van der Waals surface area contributed by atoms with Gasteiger partial charge in [0.25, 0.3) is 0 Å². The molecule has 0 saturated heterocycles. The summed E-state index contributed by atoms with van der Waals surface area (Å²) in [7, 11) is 1.67. The van der Waals surface area contributed by atoms with E-state index in [1.54, 1.807) is 7.05 Å². The van der Waals surface area contributed by atoms with Gasteiger partial charge in [-0.3, -0.25) is 4.57 Å². The second-order valence-corrected chi connectivity index (χ2v) is 4.43. The minimum atomic E-state index is -0.149. The Morgan fingerprint density at radius 2 is 2.06 bits per heavy atom. The van der Waals surface area contributed by atoms with Gasteiger partial charge in [-0.25, -0.2) is 19.1 Å². The zero-order valence-corrected chi connectivity index (χ0v) is 10.2. The topological polar surface area (TPSA) is 70.5 Å². The van der Waals surface area contributed by atoms with Crippen LogP contribution in [-0.4, -0.2) is 29.1 Å². The monoisotopic (exact) mass is 236 g/mol. The Bertz CT molecular complexity index is 549.